The van der Waals surface area contributed by atoms with Crippen LogP contribution in [0.2, 0.25) is 0 Å². The maximum Gasteiger partial charge on any atom is 0.418 e. The predicted molar refractivity (Wildman–Crippen MR) is 97.3 cm³/mol. The van der Waals surface area contributed by atoms with Crippen molar-refractivity contribution >= 4 is 28.2 Å². The number of amides is 4. The third kappa shape index (κ3) is 4.09. The molecule has 1 aromatic heterocycles. The Bertz CT molecular complexity index is 937. The first-order valence-corrected chi connectivity index (χ1v) is 10.7. The van der Waals surface area contributed by atoms with Crippen LogP contribution in [0.5, 0.6) is 0 Å². The number of hydroxylamine groups is 2. The van der Waals surface area contributed by atoms with Crippen molar-refractivity contribution in [2.75, 3.05) is 13.1 Å². The van der Waals surface area contributed by atoms with E-state index in [9.17, 15) is 22.8 Å². The SMILES string of the molecule is O=C(NNC(=O)[C@@H]1CC[C@@H]2CN1C(=O)N2OS(=O)(=O)O)[C@@H]1C[C@@H](n2ccnc2)CN1. The van der Waals surface area contributed by atoms with Crippen molar-refractivity contribution in [3.63, 3.8) is 0 Å². The standard InChI is InChI=1S/C15H21N7O7S/c23-13(11-5-10(6-17-11)20-4-3-16-8-20)18-19-14(24)12-2-1-9-7-21(12)15(25)22(9)29-30(26,27)28/h3-4,8-12,17H,1-2,5-7H2,(H,18,23)(H,19,24)(H,26,27,28)/t9-,10-,11+,12+/m1/s1. The monoisotopic (exact) mass is 443 g/mol. The average Bonchev–Trinajstić information content (AvgIpc) is 3.43. The van der Waals surface area contributed by atoms with Crippen LogP contribution in [0.1, 0.15) is 25.3 Å². The van der Waals surface area contributed by atoms with Gasteiger partial charge in [-0.2, -0.15) is 13.5 Å². The number of urea groups is 1. The Kier molecular flexibility index (Phi) is 5.35. The molecule has 4 amide bonds. The lowest BCUT2D eigenvalue weighted by Gasteiger charge is -2.29. The molecule has 3 aliphatic rings. The third-order valence-corrected chi connectivity index (χ3v) is 5.83. The van der Waals surface area contributed by atoms with E-state index in [1.807, 2.05) is 10.8 Å². The molecule has 3 saturated heterocycles. The molecule has 3 aliphatic heterocycles. The Labute approximate surface area is 171 Å². The molecule has 4 atom stereocenters. The summed E-state index contributed by atoms with van der Waals surface area (Å²) in [7, 11) is -4.86. The normalized spacial score (nSPS) is 28.6. The van der Waals surface area contributed by atoms with Crippen LogP contribution in [0.4, 0.5) is 4.79 Å². The van der Waals surface area contributed by atoms with E-state index in [0.717, 1.165) is 4.90 Å². The molecule has 4 N–H and O–H groups in total. The molecular weight excluding hydrogens is 422 g/mol. The summed E-state index contributed by atoms with van der Waals surface area (Å²) in [6.07, 6.45) is 6.20. The number of nitrogens with zero attached hydrogens (tertiary/aromatic N) is 4. The quantitative estimate of drug-likeness (QED) is 0.294. The number of carbonyl (C=O) groups excluding carboxylic acids is 3. The molecule has 164 valence electrons. The lowest BCUT2D eigenvalue weighted by atomic mass is 10.0. The lowest BCUT2D eigenvalue weighted by Crippen LogP contribution is -2.56. The van der Waals surface area contributed by atoms with Gasteiger partial charge in [-0.3, -0.25) is 25.0 Å². The van der Waals surface area contributed by atoms with Gasteiger partial charge >= 0.3 is 16.4 Å². The van der Waals surface area contributed by atoms with Gasteiger partial charge in [-0.05, 0) is 19.3 Å². The number of nitrogens with one attached hydrogen (secondary N) is 3. The number of hydrazine groups is 1. The van der Waals surface area contributed by atoms with Crippen molar-refractivity contribution in [2.24, 2.45) is 0 Å². The summed E-state index contributed by atoms with van der Waals surface area (Å²) >= 11 is 0. The van der Waals surface area contributed by atoms with E-state index >= 15 is 0 Å². The Morgan fingerprint density at radius 1 is 1.23 bits per heavy atom. The topological polar surface area (TPSA) is 175 Å². The zero-order valence-electron chi connectivity index (χ0n) is 15.7. The van der Waals surface area contributed by atoms with Crippen LogP contribution in [0, 0.1) is 0 Å². The van der Waals surface area contributed by atoms with E-state index in [0.29, 0.717) is 24.4 Å². The fourth-order valence-electron chi connectivity index (χ4n) is 4.03. The summed E-state index contributed by atoms with van der Waals surface area (Å²) in [5, 5.41) is 3.63. The highest BCUT2D eigenvalue weighted by molar-refractivity contribution is 7.80. The minimum Gasteiger partial charge on any atom is -0.333 e. The summed E-state index contributed by atoms with van der Waals surface area (Å²) in [6.45, 7) is 0.648. The molecule has 0 aromatic carbocycles. The van der Waals surface area contributed by atoms with Gasteiger partial charge in [0.15, 0.2) is 0 Å². The van der Waals surface area contributed by atoms with Crippen LogP contribution >= 0.6 is 0 Å². The summed E-state index contributed by atoms with van der Waals surface area (Å²) in [5.74, 6) is -1.02. The molecule has 2 bridgehead atoms. The smallest absolute Gasteiger partial charge is 0.333 e. The van der Waals surface area contributed by atoms with Crippen molar-refractivity contribution in [1.82, 2.24) is 35.7 Å². The van der Waals surface area contributed by atoms with Gasteiger partial charge in [-0.25, -0.2) is 9.78 Å². The molecule has 4 rings (SSSR count). The summed E-state index contributed by atoms with van der Waals surface area (Å²) in [5.41, 5.74) is 4.69. The van der Waals surface area contributed by atoms with Crippen LogP contribution < -0.4 is 16.2 Å². The second-order valence-electron chi connectivity index (χ2n) is 7.35. The molecule has 0 aliphatic carbocycles. The first-order chi connectivity index (χ1) is 14.2. The highest BCUT2D eigenvalue weighted by Crippen LogP contribution is 2.30. The van der Waals surface area contributed by atoms with Gasteiger partial charge in [0.2, 0.25) is 0 Å². The summed E-state index contributed by atoms with van der Waals surface area (Å²) < 4.78 is 36.9. The van der Waals surface area contributed by atoms with Crippen LogP contribution in [0.3, 0.4) is 0 Å². The van der Waals surface area contributed by atoms with E-state index in [1.54, 1.807) is 12.5 Å². The number of hydrogen-bond acceptors (Lipinski definition) is 8. The first kappa shape index (κ1) is 20.5. The van der Waals surface area contributed by atoms with E-state index in [2.05, 4.69) is 25.4 Å². The molecule has 0 radical (unpaired) electrons. The van der Waals surface area contributed by atoms with Crippen LogP contribution in [-0.2, 0) is 24.3 Å². The molecular formula is C15H21N7O7S. The third-order valence-electron chi connectivity index (χ3n) is 5.48. The number of hydrogen-bond donors (Lipinski definition) is 4. The van der Waals surface area contributed by atoms with Crippen LogP contribution in [0.15, 0.2) is 18.7 Å². The average molecular weight is 443 g/mol. The number of aromatic nitrogens is 2. The Morgan fingerprint density at radius 3 is 2.70 bits per heavy atom. The fraction of sp³-hybridized carbons (Fsp3) is 0.600. The lowest BCUT2D eigenvalue weighted by molar-refractivity contribution is -0.132. The Morgan fingerprint density at radius 2 is 2.00 bits per heavy atom. The van der Waals surface area contributed by atoms with Gasteiger partial charge in [0, 0.05) is 31.5 Å². The van der Waals surface area contributed by atoms with Gasteiger partial charge < -0.3 is 14.8 Å². The van der Waals surface area contributed by atoms with Gasteiger partial charge in [0.05, 0.1) is 18.4 Å². The molecule has 1 aromatic rings. The second kappa shape index (κ2) is 7.82. The Balaban J connectivity index is 1.29. The molecule has 15 heteroatoms. The van der Waals surface area contributed by atoms with Gasteiger partial charge in [0.25, 0.3) is 11.8 Å². The minimum absolute atomic E-state index is 0.0666. The van der Waals surface area contributed by atoms with E-state index < -0.39 is 46.4 Å². The largest absolute Gasteiger partial charge is 0.418 e. The van der Waals surface area contributed by atoms with Crippen molar-refractivity contribution in [1.29, 1.82) is 0 Å². The van der Waals surface area contributed by atoms with E-state index in [-0.39, 0.29) is 19.0 Å². The Hall–Kier alpha value is -2.75. The minimum atomic E-state index is -4.86. The van der Waals surface area contributed by atoms with Crippen LogP contribution in [-0.4, -0.2) is 81.5 Å². The van der Waals surface area contributed by atoms with Gasteiger partial charge in [-0.1, -0.05) is 0 Å². The number of imidazole rings is 1. The second-order valence-corrected chi connectivity index (χ2v) is 8.35. The van der Waals surface area contributed by atoms with E-state index in [4.69, 9.17) is 4.55 Å². The zero-order chi connectivity index (χ0) is 21.5. The van der Waals surface area contributed by atoms with Crippen molar-refractivity contribution in [3.05, 3.63) is 18.7 Å². The molecule has 4 heterocycles. The molecule has 0 unspecified atom stereocenters. The number of piperidine rings is 1. The van der Waals surface area contributed by atoms with Crippen LogP contribution in [0.25, 0.3) is 0 Å². The van der Waals surface area contributed by atoms with E-state index in [1.165, 1.54) is 0 Å². The first-order valence-electron chi connectivity index (χ1n) is 9.30. The molecule has 30 heavy (non-hydrogen) atoms. The number of rotatable bonds is 5. The molecule has 0 saturated carbocycles. The predicted octanol–water partition coefficient (Wildman–Crippen LogP) is -2.06. The summed E-state index contributed by atoms with van der Waals surface area (Å²) in [6, 6.07) is -2.77. The summed E-state index contributed by atoms with van der Waals surface area (Å²) in [4.78, 5) is 42.3. The van der Waals surface area contributed by atoms with Crippen molar-refractivity contribution in [2.45, 2.75) is 43.4 Å². The number of carbonyl (C=O) groups is 3. The molecule has 0 spiro atoms. The van der Waals surface area contributed by atoms with Gasteiger partial charge in [0.1, 0.15) is 6.04 Å². The molecule has 3 fully saturated rings. The maximum absolute atomic E-state index is 12.5. The number of fused-ring (bicyclic) bond motifs is 2. The highest BCUT2D eigenvalue weighted by atomic mass is 32.3. The van der Waals surface area contributed by atoms with Gasteiger partial charge in [-0.15, -0.1) is 4.28 Å². The van der Waals surface area contributed by atoms with Crippen molar-refractivity contribution < 1.29 is 31.6 Å². The van der Waals surface area contributed by atoms with Crippen molar-refractivity contribution in [3.8, 4) is 0 Å². The highest BCUT2D eigenvalue weighted by Gasteiger charge is 2.49. The maximum atomic E-state index is 12.5. The molecule has 14 nitrogen and oxygen atoms in total. The zero-order valence-corrected chi connectivity index (χ0v) is 16.5. The fourth-order valence-corrected chi connectivity index (χ4v) is 4.42.